The van der Waals surface area contributed by atoms with Crippen LogP contribution in [-0.2, 0) is 14.4 Å². The molecule has 1 unspecified atom stereocenters. The molecule has 1 aliphatic rings. The standard InChI is InChI=1S/C17H18N2O5S2/c1-2-4-11(13(15(21)22)16(23)24)19-14(20)12(26-17(19)25)8-9-5-3-6-10(18)7-9/h3,5-8,11,13H,2,4,18H2,1H3,(H,21,22)(H,23,24). The Morgan fingerprint density at radius 3 is 2.54 bits per heavy atom. The molecule has 0 aliphatic carbocycles. The molecular weight excluding hydrogens is 376 g/mol. The molecule has 7 nitrogen and oxygen atoms in total. The van der Waals surface area contributed by atoms with Crippen LogP contribution in [0.25, 0.3) is 6.08 Å². The highest BCUT2D eigenvalue weighted by Crippen LogP contribution is 2.36. The molecule has 26 heavy (non-hydrogen) atoms. The zero-order valence-corrected chi connectivity index (χ0v) is 15.5. The molecule has 1 atom stereocenters. The molecule has 0 radical (unpaired) electrons. The third-order valence-electron chi connectivity index (χ3n) is 3.86. The quantitative estimate of drug-likeness (QED) is 0.279. The van der Waals surface area contributed by atoms with Gasteiger partial charge in [-0.2, -0.15) is 0 Å². The van der Waals surface area contributed by atoms with Crippen LogP contribution in [0.5, 0.6) is 0 Å². The number of carbonyl (C=O) groups is 3. The van der Waals surface area contributed by atoms with Gasteiger partial charge in [0.15, 0.2) is 5.92 Å². The van der Waals surface area contributed by atoms with E-state index in [-0.39, 0.29) is 10.7 Å². The summed E-state index contributed by atoms with van der Waals surface area (Å²) in [6, 6.07) is 5.86. The van der Waals surface area contributed by atoms with Gasteiger partial charge in [-0.25, -0.2) is 0 Å². The van der Waals surface area contributed by atoms with E-state index in [4.69, 9.17) is 18.0 Å². The molecule has 4 N–H and O–H groups in total. The highest BCUT2D eigenvalue weighted by atomic mass is 32.2. The second-order valence-corrected chi connectivity index (χ2v) is 7.41. The zero-order chi connectivity index (χ0) is 19.4. The number of nitrogen functional groups attached to an aromatic ring is 1. The highest BCUT2D eigenvalue weighted by molar-refractivity contribution is 8.26. The summed E-state index contributed by atoms with van der Waals surface area (Å²) in [5.74, 6) is -5.23. The van der Waals surface area contributed by atoms with Gasteiger partial charge in [0.2, 0.25) is 0 Å². The van der Waals surface area contributed by atoms with Crippen molar-refractivity contribution in [1.82, 2.24) is 4.90 Å². The Balaban J connectivity index is 2.39. The number of thioether (sulfide) groups is 1. The Hall–Kier alpha value is -2.39. The van der Waals surface area contributed by atoms with Gasteiger partial charge in [-0.15, -0.1) is 0 Å². The number of benzene rings is 1. The lowest BCUT2D eigenvalue weighted by atomic mass is 9.94. The minimum Gasteiger partial charge on any atom is -0.481 e. The SMILES string of the molecule is CCCC(C(C(=O)O)C(=O)O)N1C(=O)C(=Cc2cccc(N)c2)SC1=S. The minimum absolute atomic E-state index is 0.149. The summed E-state index contributed by atoms with van der Waals surface area (Å²) in [7, 11) is 0. The van der Waals surface area contributed by atoms with Gasteiger partial charge in [-0.3, -0.25) is 19.3 Å². The zero-order valence-electron chi connectivity index (χ0n) is 13.9. The van der Waals surface area contributed by atoms with Crippen LogP contribution in [0.2, 0.25) is 0 Å². The Morgan fingerprint density at radius 2 is 2.00 bits per heavy atom. The number of amides is 1. The van der Waals surface area contributed by atoms with Crippen LogP contribution in [0.15, 0.2) is 29.2 Å². The molecule has 1 aliphatic heterocycles. The van der Waals surface area contributed by atoms with Crippen molar-refractivity contribution in [3.05, 3.63) is 34.7 Å². The van der Waals surface area contributed by atoms with Crippen LogP contribution in [0.3, 0.4) is 0 Å². The Morgan fingerprint density at radius 1 is 1.35 bits per heavy atom. The van der Waals surface area contributed by atoms with Crippen molar-refractivity contribution in [3.8, 4) is 0 Å². The number of nitrogens with zero attached hydrogens (tertiary/aromatic N) is 1. The number of hydrogen-bond acceptors (Lipinski definition) is 6. The van der Waals surface area contributed by atoms with Gasteiger partial charge in [0.1, 0.15) is 4.32 Å². The normalized spacial score (nSPS) is 17.2. The van der Waals surface area contributed by atoms with Crippen LogP contribution in [-0.4, -0.2) is 43.3 Å². The first-order chi connectivity index (χ1) is 12.3. The lowest BCUT2D eigenvalue weighted by Gasteiger charge is -2.29. The van der Waals surface area contributed by atoms with E-state index in [9.17, 15) is 24.6 Å². The van der Waals surface area contributed by atoms with Gasteiger partial charge < -0.3 is 15.9 Å². The summed E-state index contributed by atoms with van der Waals surface area (Å²) < 4.78 is 0.149. The molecule has 1 saturated heterocycles. The molecule has 9 heteroatoms. The van der Waals surface area contributed by atoms with Crippen molar-refractivity contribution in [2.75, 3.05) is 5.73 Å². The van der Waals surface area contributed by atoms with Gasteiger partial charge in [0, 0.05) is 5.69 Å². The number of hydrogen-bond donors (Lipinski definition) is 3. The molecule has 2 rings (SSSR count). The Labute approximate surface area is 159 Å². The molecule has 1 aromatic rings. The summed E-state index contributed by atoms with van der Waals surface area (Å²) in [5.41, 5.74) is 6.97. The van der Waals surface area contributed by atoms with Gasteiger partial charge >= 0.3 is 11.9 Å². The van der Waals surface area contributed by atoms with Gasteiger partial charge in [0.05, 0.1) is 10.9 Å². The number of nitrogens with two attached hydrogens (primary N) is 1. The van der Waals surface area contributed by atoms with Crippen molar-refractivity contribution in [2.24, 2.45) is 5.92 Å². The number of aliphatic carboxylic acids is 2. The summed E-state index contributed by atoms with van der Waals surface area (Å²) in [5, 5.41) is 18.6. The molecule has 0 spiro atoms. The topological polar surface area (TPSA) is 121 Å². The monoisotopic (exact) mass is 394 g/mol. The van der Waals surface area contributed by atoms with E-state index in [1.165, 1.54) is 0 Å². The van der Waals surface area contributed by atoms with Crippen molar-refractivity contribution >= 4 is 57.9 Å². The van der Waals surface area contributed by atoms with Crippen LogP contribution in [0, 0.1) is 5.92 Å². The summed E-state index contributed by atoms with van der Waals surface area (Å²) in [6.45, 7) is 1.79. The predicted octanol–water partition coefficient (Wildman–Crippen LogP) is 2.42. The molecule has 0 saturated carbocycles. The molecule has 0 bridgehead atoms. The first-order valence-electron chi connectivity index (χ1n) is 7.84. The van der Waals surface area contributed by atoms with Gasteiger partial charge in [-0.05, 0) is 30.2 Å². The van der Waals surface area contributed by atoms with E-state index in [2.05, 4.69) is 0 Å². The summed E-state index contributed by atoms with van der Waals surface area (Å²) >= 11 is 6.26. The lowest BCUT2D eigenvalue weighted by molar-refractivity contribution is -0.157. The van der Waals surface area contributed by atoms with Crippen LogP contribution < -0.4 is 5.73 Å². The number of carboxylic acids is 2. The number of carboxylic acid groups (broad SMARTS) is 2. The van der Waals surface area contributed by atoms with Gasteiger partial charge in [0.25, 0.3) is 5.91 Å². The maximum absolute atomic E-state index is 12.8. The molecule has 1 amide bonds. The van der Waals surface area contributed by atoms with Crippen LogP contribution in [0.4, 0.5) is 5.69 Å². The van der Waals surface area contributed by atoms with Crippen molar-refractivity contribution in [1.29, 1.82) is 0 Å². The van der Waals surface area contributed by atoms with E-state index in [0.29, 0.717) is 22.6 Å². The fourth-order valence-electron chi connectivity index (χ4n) is 2.74. The molecular formula is C17H18N2O5S2. The summed E-state index contributed by atoms with van der Waals surface area (Å²) in [6.07, 6.45) is 2.32. The van der Waals surface area contributed by atoms with E-state index in [0.717, 1.165) is 16.7 Å². The first-order valence-corrected chi connectivity index (χ1v) is 9.07. The molecule has 1 fully saturated rings. The maximum atomic E-state index is 12.8. The molecule has 1 aromatic carbocycles. The third-order valence-corrected chi connectivity index (χ3v) is 5.20. The molecule has 1 heterocycles. The fourth-order valence-corrected chi connectivity index (χ4v) is 4.11. The lowest BCUT2D eigenvalue weighted by Crippen LogP contribution is -2.48. The second kappa shape index (κ2) is 8.33. The Kier molecular flexibility index (Phi) is 6.38. The number of rotatable bonds is 7. The maximum Gasteiger partial charge on any atom is 0.320 e. The largest absolute Gasteiger partial charge is 0.481 e. The number of anilines is 1. The summed E-state index contributed by atoms with van der Waals surface area (Å²) in [4.78, 5) is 37.1. The highest BCUT2D eigenvalue weighted by Gasteiger charge is 2.45. The molecule has 138 valence electrons. The average molecular weight is 394 g/mol. The van der Waals surface area contributed by atoms with Crippen molar-refractivity contribution < 1.29 is 24.6 Å². The van der Waals surface area contributed by atoms with Crippen LogP contribution >= 0.6 is 24.0 Å². The van der Waals surface area contributed by atoms with Crippen LogP contribution in [0.1, 0.15) is 25.3 Å². The molecule has 0 aromatic heterocycles. The number of carbonyl (C=O) groups excluding carboxylic acids is 1. The second-order valence-electron chi connectivity index (χ2n) is 5.73. The Bertz CT molecular complexity index is 779. The van der Waals surface area contributed by atoms with E-state index >= 15 is 0 Å². The third kappa shape index (κ3) is 4.23. The number of thiocarbonyl (C=S) groups is 1. The first kappa shape index (κ1) is 19.9. The van der Waals surface area contributed by atoms with E-state index < -0.39 is 29.8 Å². The predicted molar refractivity (Wildman–Crippen MR) is 103 cm³/mol. The van der Waals surface area contributed by atoms with E-state index in [1.807, 2.05) is 0 Å². The fraction of sp³-hybridized carbons (Fsp3) is 0.294. The average Bonchev–Trinajstić information content (AvgIpc) is 2.80. The smallest absolute Gasteiger partial charge is 0.320 e. The van der Waals surface area contributed by atoms with Crippen molar-refractivity contribution in [2.45, 2.75) is 25.8 Å². The van der Waals surface area contributed by atoms with E-state index in [1.54, 1.807) is 37.3 Å². The minimum atomic E-state index is -1.75. The van der Waals surface area contributed by atoms with Crippen molar-refractivity contribution in [3.63, 3.8) is 0 Å². The van der Waals surface area contributed by atoms with Gasteiger partial charge in [-0.1, -0.05) is 49.5 Å².